The highest BCUT2D eigenvalue weighted by molar-refractivity contribution is 8.02. The van der Waals surface area contributed by atoms with E-state index >= 15 is 0 Å². The van der Waals surface area contributed by atoms with Crippen LogP contribution < -0.4 is 0 Å². The quantitative estimate of drug-likeness (QED) is 0.758. The molecule has 1 atom stereocenters. The van der Waals surface area contributed by atoms with Gasteiger partial charge in [-0.3, -0.25) is 9.59 Å². The van der Waals surface area contributed by atoms with E-state index in [0.29, 0.717) is 38.2 Å². The van der Waals surface area contributed by atoms with Crippen LogP contribution in [0, 0.1) is 5.92 Å². The Morgan fingerprint density at radius 2 is 1.63 bits per heavy atom. The fourth-order valence-corrected chi connectivity index (χ4v) is 7.29. The van der Waals surface area contributed by atoms with Crippen LogP contribution in [0.25, 0.3) is 0 Å². The van der Waals surface area contributed by atoms with Gasteiger partial charge in [-0.2, -0.15) is 0 Å². The number of thioether (sulfide) groups is 1. The molecule has 2 amide bonds. The summed E-state index contributed by atoms with van der Waals surface area (Å²) in [5.74, 6) is 0.838. The Balaban J connectivity index is 1.41. The summed E-state index contributed by atoms with van der Waals surface area (Å²) in [4.78, 5) is 29.7. The van der Waals surface area contributed by atoms with Gasteiger partial charge in [-0.1, -0.05) is 12.1 Å². The Morgan fingerprint density at radius 1 is 0.963 bits per heavy atom. The monoisotopic (exact) mass is 408 g/mol. The van der Waals surface area contributed by atoms with Crippen molar-refractivity contribution in [3.63, 3.8) is 0 Å². The summed E-state index contributed by atoms with van der Waals surface area (Å²) in [7, 11) is -2.94. The lowest BCUT2D eigenvalue weighted by Crippen LogP contribution is -2.51. The third kappa shape index (κ3) is 4.32. The summed E-state index contributed by atoms with van der Waals surface area (Å²) < 4.78 is 23.4. The van der Waals surface area contributed by atoms with Crippen LogP contribution in [0.5, 0.6) is 0 Å². The molecule has 0 N–H and O–H groups in total. The van der Waals surface area contributed by atoms with Gasteiger partial charge >= 0.3 is 0 Å². The first-order chi connectivity index (χ1) is 12.9. The van der Waals surface area contributed by atoms with Crippen molar-refractivity contribution in [2.24, 2.45) is 5.92 Å². The first kappa shape index (κ1) is 18.8. The van der Waals surface area contributed by atoms with Crippen LogP contribution in [0.3, 0.4) is 0 Å². The Hall–Kier alpha value is -1.54. The van der Waals surface area contributed by atoms with E-state index in [0.717, 1.165) is 17.7 Å². The molecule has 8 heteroatoms. The number of nitrogens with zero attached hydrogens (tertiary/aromatic N) is 2. The molecule has 6 nitrogen and oxygen atoms in total. The van der Waals surface area contributed by atoms with Gasteiger partial charge in [0, 0.05) is 42.2 Å². The second-order valence-electron chi connectivity index (χ2n) is 7.53. The molecule has 0 radical (unpaired) electrons. The number of piperazine rings is 1. The van der Waals surface area contributed by atoms with Crippen LogP contribution in [0.4, 0.5) is 0 Å². The van der Waals surface area contributed by atoms with E-state index in [1.165, 1.54) is 11.8 Å². The molecular formula is C19H24N2O4S2. The highest BCUT2D eigenvalue weighted by Crippen LogP contribution is 2.34. The first-order valence-electron chi connectivity index (χ1n) is 9.47. The number of hydrogen-bond donors (Lipinski definition) is 0. The normalized spacial score (nSPS) is 24.8. The number of carbonyl (C=O) groups excluding carboxylic acids is 2. The molecule has 146 valence electrons. The third-order valence-electron chi connectivity index (χ3n) is 5.41. The van der Waals surface area contributed by atoms with Crippen molar-refractivity contribution in [3.05, 3.63) is 29.8 Å². The molecule has 27 heavy (non-hydrogen) atoms. The van der Waals surface area contributed by atoms with Crippen LogP contribution in [-0.2, 0) is 14.6 Å². The van der Waals surface area contributed by atoms with Crippen molar-refractivity contribution in [2.45, 2.75) is 29.4 Å². The highest BCUT2D eigenvalue weighted by Gasteiger charge is 2.35. The van der Waals surface area contributed by atoms with Gasteiger partial charge in [0.1, 0.15) is 0 Å². The third-order valence-corrected chi connectivity index (χ3v) is 8.73. The van der Waals surface area contributed by atoms with Gasteiger partial charge in [0.15, 0.2) is 9.84 Å². The molecule has 3 aliphatic rings. The maximum absolute atomic E-state index is 13.0. The maximum Gasteiger partial charge on any atom is 0.255 e. The van der Waals surface area contributed by atoms with E-state index in [4.69, 9.17) is 0 Å². The Kier molecular flexibility index (Phi) is 5.20. The molecule has 1 saturated carbocycles. The number of hydrogen-bond acceptors (Lipinski definition) is 5. The molecule has 4 rings (SSSR count). The standard InChI is InChI=1S/C19H24N2O4S2/c22-18(14-5-6-14)20-8-10-21(11-9-20)19(23)16-3-1-2-4-17(16)26-15-7-12-27(24,25)13-15/h1-4,14-15H,5-13H2/t15-/m0/s1. The van der Waals surface area contributed by atoms with Crippen molar-refractivity contribution < 1.29 is 18.0 Å². The van der Waals surface area contributed by atoms with Crippen LogP contribution in [0.15, 0.2) is 29.2 Å². The summed E-state index contributed by atoms with van der Waals surface area (Å²) in [6.07, 6.45) is 2.64. The lowest BCUT2D eigenvalue weighted by atomic mass is 10.1. The molecule has 0 aromatic heterocycles. The Morgan fingerprint density at radius 3 is 2.26 bits per heavy atom. The molecule has 2 saturated heterocycles. The zero-order valence-electron chi connectivity index (χ0n) is 15.2. The molecule has 2 heterocycles. The van der Waals surface area contributed by atoms with Gasteiger partial charge in [0.2, 0.25) is 5.91 Å². The van der Waals surface area contributed by atoms with Crippen molar-refractivity contribution in [1.29, 1.82) is 0 Å². The SMILES string of the molecule is O=C(c1ccccc1S[C@H]1CCS(=O)(=O)C1)N1CCN(C(=O)C2CC2)CC1. The van der Waals surface area contributed by atoms with Crippen LogP contribution >= 0.6 is 11.8 Å². The van der Waals surface area contributed by atoms with Gasteiger partial charge in [-0.15, -0.1) is 11.8 Å². The van der Waals surface area contributed by atoms with Crippen molar-refractivity contribution in [1.82, 2.24) is 9.80 Å². The van der Waals surface area contributed by atoms with Crippen LogP contribution in [-0.4, -0.2) is 73.0 Å². The van der Waals surface area contributed by atoms with Gasteiger partial charge in [0.05, 0.1) is 17.1 Å². The molecule has 0 unspecified atom stereocenters. The zero-order chi connectivity index (χ0) is 19.0. The van der Waals surface area contributed by atoms with E-state index < -0.39 is 9.84 Å². The van der Waals surface area contributed by atoms with E-state index in [-0.39, 0.29) is 34.5 Å². The van der Waals surface area contributed by atoms with E-state index in [2.05, 4.69) is 0 Å². The molecule has 0 bridgehead atoms. The van der Waals surface area contributed by atoms with Crippen molar-refractivity contribution in [3.8, 4) is 0 Å². The predicted molar refractivity (Wildman–Crippen MR) is 105 cm³/mol. The summed E-state index contributed by atoms with van der Waals surface area (Å²) in [5.41, 5.74) is 0.633. The number of carbonyl (C=O) groups is 2. The van der Waals surface area contributed by atoms with Crippen molar-refractivity contribution in [2.75, 3.05) is 37.7 Å². The van der Waals surface area contributed by atoms with E-state index in [9.17, 15) is 18.0 Å². The fraction of sp³-hybridized carbons (Fsp3) is 0.579. The second-order valence-corrected chi connectivity index (χ2v) is 11.1. The van der Waals surface area contributed by atoms with E-state index in [1.807, 2.05) is 34.1 Å². The number of rotatable bonds is 4. The molecule has 1 aromatic carbocycles. The van der Waals surface area contributed by atoms with Gasteiger partial charge in [-0.25, -0.2) is 8.42 Å². The highest BCUT2D eigenvalue weighted by atomic mass is 32.2. The van der Waals surface area contributed by atoms with Gasteiger partial charge < -0.3 is 9.80 Å². The van der Waals surface area contributed by atoms with Gasteiger partial charge in [-0.05, 0) is 31.4 Å². The molecule has 3 fully saturated rings. The smallest absolute Gasteiger partial charge is 0.255 e. The van der Waals surface area contributed by atoms with Crippen molar-refractivity contribution >= 4 is 33.4 Å². The summed E-state index contributed by atoms with van der Waals surface area (Å²) in [6, 6.07) is 7.44. The predicted octanol–water partition coefficient (Wildman–Crippen LogP) is 1.66. The lowest BCUT2D eigenvalue weighted by Gasteiger charge is -2.35. The summed E-state index contributed by atoms with van der Waals surface area (Å²) in [5, 5.41) is 0.0111. The molecular weight excluding hydrogens is 384 g/mol. The topological polar surface area (TPSA) is 74.8 Å². The number of amides is 2. The Labute approximate surface area is 164 Å². The Bertz CT molecular complexity index is 843. The lowest BCUT2D eigenvalue weighted by molar-refractivity contribution is -0.134. The van der Waals surface area contributed by atoms with Crippen LogP contribution in [0.1, 0.15) is 29.6 Å². The first-order valence-corrected chi connectivity index (χ1v) is 12.2. The second kappa shape index (κ2) is 7.47. The largest absolute Gasteiger partial charge is 0.339 e. The average Bonchev–Trinajstić information content (AvgIpc) is 3.45. The maximum atomic E-state index is 13.0. The van der Waals surface area contributed by atoms with E-state index in [1.54, 1.807) is 0 Å². The van der Waals surface area contributed by atoms with Gasteiger partial charge in [0.25, 0.3) is 5.91 Å². The zero-order valence-corrected chi connectivity index (χ0v) is 16.8. The number of benzene rings is 1. The minimum atomic E-state index is -2.94. The number of sulfone groups is 1. The molecule has 1 aliphatic carbocycles. The molecule has 1 aromatic rings. The van der Waals surface area contributed by atoms with Crippen LogP contribution in [0.2, 0.25) is 0 Å². The minimum Gasteiger partial charge on any atom is -0.339 e. The molecule has 2 aliphatic heterocycles. The molecule has 0 spiro atoms. The summed E-state index contributed by atoms with van der Waals surface area (Å²) >= 11 is 1.50. The average molecular weight is 409 g/mol. The summed E-state index contributed by atoms with van der Waals surface area (Å²) in [6.45, 7) is 2.29. The minimum absolute atomic E-state index is 0.0111. The fourth-order valence-electron chi connectivity index (χ4n) is 3.67.